The Morgan fingerprint density at radius 1 is 1.09 bits per heavy atom. The van der Waals surface area contributed by atoms with Crippen LogP contribution in [-0.4, -0.2) is 61.4 Å². The number of ether oxygens (including phenoxy) is 2. The van der Waals surface area contributed by atoms with Crippen LogP contribution in [0.25, 0.3) is 0 Å². The molecule has 1 aliphatic heterocycles. The smallest absolute Gasteiger partial charge is 0.227 e. The number of rotatable bonds is 9. The number of hydrogen-bond acceptors (Lipinski definition) is 6. The van der Waals surface area contributed by atoms with Gasteiger partial charge in [0, 0.05) is 31.1 Å². The van der Waals surface area contributed by atoms with Gasteiger partial charge in [-0.3, -0.25) is 4.79 Å². The number of methoxy groups -OCH3 is 2. The fourth-order valence-electron chi connectivity index (χ4n) is 4.73. The summed E-state index contributed by atoms with van der Waals surface area (Å²) >= 11 is 0. The van der Waals surface area contributed by atoms with Crippen molar-refractivity contribution in [3.63, 3.8) is 0 Å². The summed E-state index contributed by atoms with van der Waals surface area (Å²) in [5.41, 5.74) is 5.06. The molecule has 1 atom stereocenters. The number of phenols is 1. The molecule has 0 unspecified atom stereocenters. The molecule has 172 valence electrons. The first kappa shape index (κ1) is 22.4. The minimum absolute atomic E-state index is 0.0605. The maximum absolute atomic E-state index is 12.7. The predicted octanol–water partition coefficient (Wildman–Crippen LogP) is 2.15. The average molecular weight is 441 g/mol. The van der Waals surface area contributed by atoms with E-state index >= 15 is 0 Å². The number of nitrogens with one attached hydrogen (secondary N) is 1. The van der Waals surface area contributed by atoms with E-state index in [4.69, 9.17) is 9.47 Å². The minimum atomic E-state index is -0.200. The molecule has 2 aromatic carbocycles. The Morgan fingerprint density at radius 3 is 2.62 bits per heavy atom. The Morgan fingerprint density at radius 2 is 1.88 bits per heavy atom. The Labute approximate surface area is 189 Å². The standard InChI is InChI=1S/C25H32N2O5/c1-31-23-11-18-9-19(21(18)13-24(23)32-2)14-26-5-3-6-27-7-4-16-8-20(15-28)22(29)10-17(16)12-25(27)30/h8,10-11,13,19,26,28-29H,3-7,9,12,14-15H2,1-2H3/t19-/m1/s1. The highest BCUT2D eigenvalue weighted by molar-refractivity contribution is 5.80. The quantitative estimate of drug-likeness (QED) is 0.518. The summed E-state index contributed by atoms with van der Waals surface area (Å²) in [7, 11) is 3.32. The Balaban J connectivity index is 1.23. The van der Waals surface area contributed by atoms with Crippen molar-refractivity contribution in [1.82, 2.24) is 10.2 Å². The normalized spacial score (nSPS) is 17.3. The summed E-state index contributed by atoms with van der Waals surface area (Å²) in [6.07, 6.45) is 2.97. The van der Waals surface area contributed by atoms with E-state index in [2.05, 4.69) is 17.4 Å². The number of carbonyl (C=O) groups is 1. The number of nitrogens with zero attached hydrogens (tertiary/aromatic N) is 1. The largest absolute Gasteiger partial charge is 0.508 e. The van der Waals surface area contributed by atoms with Gasteiger partial charge in [-0.2, -0.15) is 0 Å². The molecule has 1 aliphatic carbocycles. The first-order chi connectivity index (χ1) is 15.5. The monoisotopic (exact) mass is 440 g/mol. The number of carbonyl (C=O) groups excluding carboxylic acids is 1. The van der Waals surface area contributed by atoms with Gasteiger partial charge in [0.15, 0.2) is 11.5 Å². The summed E-state index contributed by atoms with van der Waals surface area (Å²) < 4.78 is 10.8. The van der Waals surface area contributed by atoms with Crippen molar-refractivity contribution in [3.05, 3.63) is 52.1 Å². The van der Waals surface area contributed by atoms with Gasteiger partial charge in [0.2, 0.25) is 5.91 Å². The average Bonchev–Trinajstić information content (AvgIpc) is 2.93. The molecule has 7 heteroatoms. The second kappa shape index (κ2) is 9.79. The van der Waals surface area contributed by atoms with Crippen molar-refractivity contribution >= 4 is 5.91 Å². The van der Waals surface area contributed by atoms with E-state index in [0.29, 0.717) is 31.0 Å². The third-order valence-corrected chi connectivity index (χ3v) is 6.64. The van der Waals surface area contributed by atoms with Gasteiger partial charge in [0.05, 0.1) is 27.2 Å². The van der Waals surface area contributed by atoms with Crippen molar-refractivity contribution in [3.8, 4) is 17.2 Å². The molecule has 3 N–H and O–H groups in total. The van der Waals surface area contributed by atoms with Gasteiger partial charge in [-0.1, -0.05) is 0 Å². The van der Waals surface area contributed by atoms with Crippen LogP contribution < -0.4 is 14.8 Å². The van der Waals surface area contributed by atoms with Crippen molar-refractivity contribution in [2.24, 2.45) is 0 Å². The predicted molar refractivity (Wildman–Crippen MR) is 121 cm³/mol. The zero-order chi connectivity index (χ0) is 22.7. The molecular formula is C25H32N2O5. The van der Waals surface area contributed by atoms with Crippen molar-refractivity contribution in [2.45, 2.75) is 38.2 Å². The topological polar surface area (TPSA) is 91.3 Å². The van der Waals surface area contributed by atoms with Crippen LogP contribution in [-0.2, 0) is 30.7 Å². The van der Waals surface area contributed by atoms with Crippen molar-refractivity contribution < 1.29 is 24.5 Å². The maximum atomic E-state index is 12.7. The number of aliphatic hydroxyl groups is 1. The van der Waals surface area contributed by atoms with Crippen molar-refractivity contribution in [2.75, 3.05) is 40.4 Å². The third-order valence-electron chi connectivity index (χ3n) is 6.64. The third kappa shape index (κ3) is 4.54. The van der Waals surface area contributed by atoms with Crippen LogP contribution in [0.15, 0.2) is 24.3 Å². The molecule has 0 aromatic heterocycles. The molecule has 32 heavy (non-hydrogen) atoms. The van der Waals surface area contributed by atoms with E-state index in [0.717, 1.165) is 55.0 Å². The number of aliphatic hydroxyl groups excluding tert-OH is 1. The molecule has 7 nitrogen and oxygen atoms in total. The van der Waals surface area contributed by atoms with E-state index in [1.165, 1.54) is 11.1 Å². The Bertz CT molecular complexity index is 991. The molecule has 0 saturated heterocycles. The highest BCUT2D eigenvalue weighted by Crippen LogP contribution is 2.42. The summed E-state index contributed by atoms with van der Waals surface area (Å²) in [6, 6.07) is 7.60. The Hall–Kier alpha value is -2.77. The lowest BCUT2D eigenvalue weighted by atomic mass is 9.77. The van der Waals surface area contributed by atoms with Gasteiger partial charge < -0.3 is 29.9 Å². The molecule has 1 amide bonds. The fourth-order valence-corrected chi connectivity index (χ4v) is 4.73. The molecule has 0 fully saturated rings. The molecule has 1 heterocycles. The summed E-state index contributed by atoms with van der Waals surface area (Å²) in [6.45, 7) is 2.94. The number of amides is 1. The number of aromatic hydroxyl groups is 1. The van der Waals surface area contributed by atoms with Crippen LogP contribution in [0.3, 0.4) is 0 Å². The molecular weight excluding hydrogens is 408 g/mol. The summed E-state index contributed by atoms with van der Waals surface area (Å²) in [5.74, 6) is 2.19. The van der Waals surface area contributed by atoms with E-state index in [-0.39, 0.29) is 18.3 Å². The van der Waals surface area contributed by atoms with Crippen molar-refractivity contribution in [1.29, 1.82) is 0 Å². The van der Waals surface area contributed by atoms with Gasteiger partial charge in [-0.25, -0.2) is 0 Å². The molecule has 0 bridgehead atoms. The van der Waals surface area contributed by atoms with Crippen LogP contribution in [0.2, 0.25) is 0 Å². The van der Waals surface area contributed by atoms with Gasteiger partial charge in [-0.15, -0.1) is 0 Å². The van der Waals surface area contributed by atoms with Gasteiger partial charge in [0.1, 0.15) is 5.75 Å². The molecule has 0 spiro atoms. The van der Waals surface area contributed by atoms with Crippen LogP contribution in [0.5, 0.6) is 17.2 Å². The van der Waals surface area contributed by atoms with E-state index < -0.39 is 0 Å². The minimum Gasteiger partial charge on any atom is -0.508 e. The zero-order valence-electron chi connectivity index (χ0n) is 18.8. The highest BCUT2D eigenvalue weighted by atomic mass is 16.5. The van der Waals surface area contributed by atoms with E-state index in [1.807, 2.05) is 11.0 Å². The summed E-state index contributed by atoms with van der Waals surface area (Å²) in [4.78, 5) is 14.6. The number of hydrogen-bond donors (Lipinski definition) is 3. The molecule has 0 saturated carbocycles. The second-order valence-electron chi connectivity index (χ2n) is 8.58. The maximum Gasteiger partial charge on any atom is 0.227 e. The van der Waals surface area contributed by atoms with E-state index in [9.17, 15) is 15.0 Å². The molecule has 2 aromatic rings. The number of benzene rings is 2. The highest BCUT2D eigenvalue weighted by Gasteiger charge is 2.28. The fraction of sp³-hybridized carbons (Fsp3) is 0.480. The second-order valence-corrected chi connectivity index (χ2v) is 8.58. The van der Waals surface area contributed by atoms with Gasteiger partial charge in [-0.05, 0) is 72.3 Å². The lowest BCUT2D eigenvalue weighted by Crippen LogP contribution is -2.35. The van der Waals surface area contributed by atoms with Gasteiger partial charge in [0.25, 0.3) is 0 Å². The van der Waals surface area contributed by atoms with Crippen LogP contribution in [0.1, 0.15) is 40.2 Å². The lowest BCUT2D eigenvalue weighted by molar-refractivity contribution is -0.130. The zero-order valence-corrected chi connectivity index (χ0v) is 18.8. The summed E-state index contributed by atoms with van der Waals surface area (Å²) in [5, 5.41) is 22.9. The molecule has 2 aliphatic rings. The van der Waals surface area contributed by atoms with Crippen LogP contribution in [0, 0.1) is 0 Å². The first-order valence-electron chi connectivity index (χ1n) is 11.2. The number of fused-ring (bicyclic) bond motifs is 2. The van der Waals surface area contributed by atoms with Gasteiger partial charge >= 0.3 is 0 Å². The van der Waals surface area contributed by atoms with Crippen LogP contribution >= 0.6 is 0 Å². The van der Waals surface area contributed by atoms with E-state index in [1.54, 1.807) is 20.3 Å². The molecule has 4 rings (SSSR count). The first-order valence-corrected chi connectivity index (χ1v) is 11.2. The van der Waals surface area contributed by atoms with Crippen LogP contribution in [0.4, 0.5) is 0 Å². The Kier molecular flexibility index (Phi) is 6.86. The molecule has 0 radical (unpaired) electrons. The lowest BCUT2D eigenvalue weighted by Gasteiger charge is -2.31. The SMILES string of the molecule is COc1cc2c(cc1OC)[C@@H](CNCCCN1CCc3cc(CO)c(O)cc3CC1=O)C2.